The molecule has 0 spiro atoms. The number of nitrogens with zero attached hydrogens (tertiary/aromatic N) is 1. The first-order valence-electron chi connectivity index (χ1n) is 5.19. The smallest absolute Gasteiger partial charge is 0.212 e. The standard InChI is InChI=1S/C10H21NO2S/c1-8(2)10(5)6-11(7-10)14(12,13)9(3)4/h8-9H,6-7H2,1-5H3. The molecule has 0 amide bonds. The fraction of sp³-hybridized carbons (Fsp3) is 1.00. The van der Waals surface area contributed by atoms with Crippen LogP contribution in [0.3, 0.4) is 0 Å². The zero-order chi connectivity index (χ0) is 11.1. The van der Waals surface area contributed by atoms with Gasteiger partial charge in [-0.25, -0.2) is 12.7 Å². The Bertz CT molecular complexity index is 300. The average Bonchev–Trinajstić information content (AvgIpc) is 1.97. The molecule has 0 atom stereocenters. The Labute approximate surface area is 87.5 Å². The van der Waals surface area contributed by atoms with E-state index >= 15 is 0 Å². The Balaban J connectivity index is 2.66. The van der Waals surface area contributed by atoms with Crippen molar-refractivity contribution in [3.05, 3.63) is 0 Å². The van der Waals surface area contributed by atoms with Crippen molar-refractivity contribution in [2.45, 2.75) is 39.9 Å². The lowest BCUT2D eigenvalue weighted by atomic mass is 9.74. The van der Waals surface area contributed by atoms with E-state index in [0.29, 0.717) is 19.0 Å². The van der Waals surface area contributed by atoms with Gasteiger partial charge in [0.05, 0.1) is 5.25 Å². The predicted molar refractivity (Wildman–Crippen MR) is 58.6 cm³/mol. The van der Waals surface area contributed by atoms with Gasteiger partial charge in [0, 0.05) is 13.1 Å². The molecule has 14 heavy (non-hydrogen) atoms. The van der Waals surface area contributed by atoms with E-state index in [4.69, 9.17) is 0 Å². The van der Waals surface area contributed by atoms with Gasteiger partial charge in [-0.3, -0.25) is 0 Å². The van der Waals surface area contributed by atoms with E-state index in [-0.39, 0.29) is 10.7 Å². The molecule has 0 N–H and O–H groups in total. The van der Waals surface area contributed by atoms with Crippen molar-refractivity contribution in [1.82, 2.24) is 4.31 Å². The Morgan fingerprint density at radius 1 is 1.14 bits per heavy atom. The highest BCUT2D eigenvalue weighted by Crippen LogP contribution is 2.39. The van der Waals surface area contributed by atoms with Crippen LogP contribution >= 0.6 is 0 Å². The van der Waals surface area contributed by atoms with Crippen molar-refractivity contribution in [3.8, 4) is 0 Å². The van der Waals surface area contributed by atoms with E-state index in [2.05, 4.69) is 20.8 Å². The highest BCUT2D eigenvalue weighted by atomic mass is 32.2. The Morgan fingerprint density at radius 2 is 1.57 bits per heavy atom. The molecule has 1 fully saturated rings. The lowest BCUT2D eigenvalue weighted by molar-refractivity contribution is 0.0409. The summed E-state index contributed by atoms with van der Waals surface area (Å²) in [7, 11) is -3.01. The molecule has 1 rings (SSSR count). The molecular formula is C10H21NO2S. The molecule has 0 radical (unpaired) electrons. The third kappa shape index (κ3) is 1.82. The van der Waals surface area contributed by atoms with Crippen LogP contribution in [0.4, 0.5) is 0 Å². The van der Waals surface area contributed by atoms with Crippen molar-refractivity contribution in [3.63, 3.8) is 0 Å². The van der Waals surface area contributed by atoms with Gasteiger partial charge >= 0.3 is 0 Å². The summed E-state index contributed by atoms with van der Waals surface area (Å²) in [6, 6.07) is 0. The van der Waals surface area contributed by atoms with Crippen LogP contribution in [-0.4, -0.2) is 31.1 Å². The minimum absolute atomic E-state index is 0.183. The number of sulfonamides is 1. The molecule has 1 aliphatic heterocycles. The van der Waals surface area contributed by atoms with Gasteiger partial charge < -0.3 is 0 Å². The molecule has 1 saturated heterocycles. The number of hydrogen-bond acceptors (Lipinski definition) is 2. The van der Waals surface area contributed by atoms with Crippen molar-refractivity contribution in [2.24, 2.45) is 11.3 Å². The van der Waals surface area contributed by atoms with Crippen LogP contribution in [-0.2, 0) is 10.0 Å². The first-order chi connectivity index (χ1) is 6.20. The molecule has 4 heteroatoms. The van der Waals surface area contributed by atoms with E-state index in [1.54, 1.807) is 18.2 Å². The van der Waals surface area contributed by atoms with Crippen LogP contribution in [0, 0.1) is 11.3 Å². The predicted octanol–water partition coefficient (Wildman–Crippen LogP) is 1.70. The zero-order valence-corrected chi connectivity index (χ0v) is 10.6. The molecule has 0 bridgehead atoms. The minimum Gasteiger partial charge on any atom is -0.212 e. The third-order valence-corrected chi connectivity index (χ3v) is 5.59. The first kappa shape index (κ1) is 12.0. The van der Waals surface area contributed by atoms with Gasteiger partial charge in [-0.05, 0) is 25.2 Å². The maximum atomic E-state index is 11.7. The van der Waals surface area contributed by atoms with Crippen molar-refractivity contribution in [2.75, 3.05) is 13.1 Å². The lowest BCUT2D eigenvalue weighted by Gasteiger charge is -2.50. The average molecular weight is 219 g/mol. The topological polar surface area (TPSA) is 37.4 Å². The maximum absolute atomic E-state index is 11.7. The normalized spacial score (nSPS) is 22.8. The van der Waals surface area contributed by atoms with Gasteiger partial charge in [0.25, 0.3) is 0 Å². The number of hydrogen-bond donors (Lipinski definition) is 0. The summed E-state index contributed by atoms with van der Waals surface area (Å²) in [5, 5.41) is -0.292. The SMILES string of the molecule is CC(C)C1(C)CN(S(=O)(=O)C(C)C)C1. The van der Waals surface area contributed by atoms with Crippen molar-refractivity contribution in [1.29, 1.82) is 0 Å². The minimum atomic E-state index is -3.01. The van der Waals surface area contributed by atoms with Gasteiger partial charge in [-0.2, -0.15) is 0 Å². The summed E-state index contributed by atoms with van der Waals surface area (Å²) < 4.78 is 25.1. The highest BCUT2D eigenvalue weighted by molar-refractivity contribution is 7.89. The van der Waals surface area contributed by atoms with E-state index in [9.17, 15) is 8.42 Å². The lowest BCUT2D eigenvalue weighted by Crippen LogP contribution is -2.60. The molecule has 3 nitrogen and oxygen atoms in total. The summed E-state index contributed by atoms with van der Waals surface area (Å²) in [5.74, 6) is 0.543. The fourth-order valence-corrected chi connectivity index (χ4v) is 3.15. The highest BCUT2D eigenvalue weighted by Gasteiger charge is 2.46. The Morgan fingerprint density at radius 3 is 1.86 bits per heavy atom. The van der Waals surface area contributed by atoms with Gasteiger partial charge in [0.1, 0.15) is 0 Å². The zero-order valence-electron chi connectivity index (χ0n) is 9.74. The first-order valence-corrected chi connectivity index (χ1v) is 6.69. The van der Waals surface area contributed by atoms with E-state index < -0.39 is 10.0 Å². The van der Waals surface area contributed by atoms with Crippen molar-refractivity contribution < 1.29 is 8.42 Å². The summed E-state index contributed by atoms with van der Waals surface area (Å²) in [5.41, 5.74) is 0.183. The molecular weight excluding hydrogens is 198 g/mol. The maximum Gasteiger partial charge on any atom is 0.216 e. The molecule has 0 aromatic carbocycles. The Hall–Kier alpha value is -0.0900. The summed E-state index contributed by atoms with van der Waals surface area (Å²) >= 11 is 0. The second-order valence-electron chi connectivity index (χ2n) is 5.17. The van der Waals surface area contributed by atoms with Crippen molar-refractivity contribution >= 4 is 10.0 Å². The van der Waals surface area contributed by atoms with Gasteiger partial charge in [0.2, 0.25) is 10.0 Å². The largest absolute Gasteiger partial charge is 0.216 e. The second kappa shape index (κ2) is 3.49. The Kier molecular flexibility index (Phi) is 2.99. The molecule has 0 aromatic heterocycles. The molecule has 0 aliphatic carbocycles. The molecule has 0 saturated carbocycles. The quantitative estimate of drug-likeness (QED) is 0.724. The summed E-state index contributed by atoms with van der Waals surface area (Å²) in [4.78, 5) is 0. The molecule has 0 unspecified atom stereocenters. The van der Waals surface area contributed by atoms with Gasteiger partial charge in [-0.1, -0.05) is 20.8 Å². The van der Waals surface area contributed by atoms with Gasteiger partial charge in [0.15, 0.2) is 0 Å². The van der Waals surface area contributed by atoms with Crippen LogP contribution in [0.1, 0.15) is 34.6 Å². The molecule has 1 aliphatic rings. The van der Waals surface area contributed by atoms with Crippen LogP contribution in [0.5, 0.6) is 0 Å². The van der Waals surface area contributed by atoms with Gasteiger partial charge in [-0.15, -0.1) is 0 Å². The second-order valence-corrected chi connectivity index (χ2v) is 7.66. The monoisotopic (exact) mass is 219 g/mol. The van der Waals surface area contributed by atoms with E-state index in [0.717, 1.165) is 0 Å². The molecule has 84 valence electrons. The summed E-state index contributed by atoms with van der Waals surface area (Å²) in [6.45, 7) is 11.3. The summed E-state index contributed by atoms with van der Waals surface area (Å²) in [6.07, 6.45) is 0. The molecule has 0 aromatic rings. The van der Waals surface area contributed by atoms with Crippen LogP contribution in [0.15, 0.2) is 0 Å². The molecule has 1 heterocycles. The van der Waals surface area contributed by atoms with E-state index in [1.165, 1.54) is 0 Å². The van der Waals surface area contributed by atoms with E-state index in [1.807, 2.05) is 0 Å². The fourth-order valence-electron chi connectivity index (χ4n) is 1.60. The third-order valence-electron chi connectivity index (χ3n) is 3.42. The van der Waals surface area contributed by atoms with Crippen LogP contribution in [0.25, 0.3) is 0 Å². The van der Waals surface area contributed by atoms with Crippen LogP contribution < -0.4 is 0 Å². The van der Waals surface area contributed by atoms with Crippen LogP contribution in [0.2, 0.25) is 0 Å². The number of rotatable bonds is 3.